The number of carbonyl (C=O) groups is 1. The molecule has 5 nitrogen and oxygen atoms in total. The summed E-state index contributed by atoms with van der Waals surface area (Å²) in [5.74, 6) is -2.28. The van der Waals surface area contributed by atoms with Crippen molar-refractivity contribution in [3.05, 3.63) is 35.9 Å². The lowest BCUT2D eigenvalue weighted by Crippen LogP contribution is -2.26. The summed E-state index contributed by atoms with van der Waals surface area (Å²) in [5.41, 5.74) is 1.06. The maximum Gasteiger partial charge on any atom is 0.318 e. The fraction of sp³-hybridized carbons (Fsp3) is 0.364. The van der Waals surface area contributed by atoms with Gasteiger partial charge in [-0.1, -0.05) is 30.3 Å². The quantitative estimate of drug-likeness (QED) is 0.685. The van der Waals surface area contributed by atoms with E-state index in [9.17, 15) is 13.2 Å². The summed E-state index contributed by atoms with van der Waals surface area (Å²) in [5, 5.41) is 11.3. The maximum atomic E-state index is 11.2. The number of carboxylic acids is 1. The number of hydrogen-bond donors (Lipinski definition) is 2. The van der Waals surface area contributed by atoms with E-state index in [1.165, 1.54) is 0 Å². The average molecular weight is 257 g/mol. The Morgan fingerprint density at radius 1 is 1.24 bits per heavy atom. The predicted molar refractivity (Wildman–Crippen MR) is 64.4 cm³/mol. The van der Waals surface area contributed by atoms with Crippen LogP contribution in [0.25, 0.3) is 0 Å². The van der Waals surface area contributed by atoms with Gasteiger partial charge >= 0.3 is 5.97 Å². The van der Waals surface area contributed by atoms with Gasteiger partial charge in [-0.15, -0.1) is 0 Å². The number of sulfone groups is 1. The van der Waals surface area contributed by atoms with E-state index in [2.05, 4.69) is 5.32 Å². The van der Waals surface area contributed by atoms with Crippen LogP contribution in [0.15, 0.2) is 30.3 Å². The molecule has 1 aromatic rings. The summed E-state index contributed by atoms with van der Waals surface area (Å²) in [7, 11) is -3.50. The Kier molecular flexibility index (Phi) is 5.11. The van der Waals surface area contributed by atoms with Gasteiger partial charge in [-0.2, -0.15) is 0 Å². The van der Waals surface area contributed by atoms with Crippen LogP contribution in [0.1, 0.15) is 5.56 Å². The molecule has 0 atom stereocenters. The zero-order valence-electron chi connectivity index (χ0n) is 9.30. The largest absolute Gasteiger partial charge is 0.480 e. The number of aliphatic carboxylic acids is 1. The minimum Gasteiger partial charge on any atom is -0.480 e. The van der Waals surface area contributed by atoms with Crippen LogP contribution in [0, 0.1) is 0 Å². The predicted octanol–water partition coefficient (Wildman–Crippen LogP) is 0.276. The van der Waals surface area contributed by atoms with Gasteiger partial charge in [0, 0.05) is 13.1 Å². The lowest BCUT2D eigenvalue weighted by atomic mass is 10.2. The fourth-order valence-corrected chi connectivity index (χ4v) is 2.29. The van der Waals surface area contributed by atoms with Crippen molar-refractivity contribution in [3.8, 4) is 0 Å². The van der Waals surface area contributed by atoms with Crippen molar-refractivity contribution >= 4 is 15.8 Å². The van der Waals surface area contributed by atoms with E-state index in [4.69, 9.17) is 5.11 Å². The molecule has 0 spiro atoms. The third-order valence-electron chi connectivity index (χ3n) is 2.11. The van der Waals surface area contributed by atoms with Crippen LogP contribution in [0.4, 0.5) is 0 Å². The average Bonchev–Trinajstić information content (AvgIpc) is 2.24. The topological polar surface area (TPSA) is 83.5 Å². The summed E-state index contributed by atoms with van der Waals surface area (Å²) in [6.07, 6.45) is 0. The Morgan fingerprint density at radius 2 is 1.88 bits per heavy atom. The van der Waals surface area contributed by atoms with Gasteiger partial charge < -0.3 is 10.4 Å². The van der Waals surface area contributed by atoms with Crippen molar-refractivity contribution in [1.29, 1.82) is 0 Å². The minimum atomic E-state index is -3.50. The highest BCUT2D eigenvalue weighted by atomic mass is 32.2. The Bertz CT molecular complexity index is 456. The summed E-state index contributed by atoms with van der Waals surface area (Å²) in [6, 6.07) is 9.56. The van der Waals surface area contributed by atoms with Crippen molar-refractivity contribution in [2.45, 2.75) is 6.54 Å². The Labute approximate surface area is 100 Å². The molecule has 17 heavy (non-hydrogen) atoms. The zero-order valence-corrected chi connectivity index (χ0v) is 10.1. The maximum absolute atomic E-state index is 11.2. The number of hydrogen-bond acceptors (Lipinski definition) is 4. The smallest absolute Gasteiger partial charge is 0.318 e. The molecule has 0 radical (unpaired) electrons. The first-order chi connectivity index (χ1) is 7.99. The SMILES string of the molecule is O=C(O)CS(=O)(=O)CCNCc1ccccc1. The van der Waals surface area contributed by atoms with E-state index in [1.54, 1.807) is 0 Å². The van der Waals surface area contributed by atoms with E-state index in [0.29, 0.717) is 6.54 Å². The van der Waals surface area contributed by atoms with Crippen LogP contribution >= 0.6 is 0 Å². The molecule has 94 valence electrons. The van der Waals surface area contributed by atoms with Gasteiger partial charge in [0.1, 0.15) is 5.75 Å². The van der Waals surface area contributed by atoms with Crippen molar-refractivity contribution in [2.24, 2.45) is 0 Å². The van der Waals surface area contributed by atoms with Crippen molar-refractivity contribution in [2.75, 3.05) is 18.1 Å². The molecular weight excluding hydrogens is 242 g/mol. The van der Waals surface area contributed by atoms with Gasteiger partial charge in [-0.3, -0.25) is 4.79 Å². The molecule has 1 rings (SSSR count). The second kappa shape index (κ2) is 6.36. The first kappa shape index (κ1) is 13.7. The van der Waals surface area contributed by atoms with Crippen molar-refractivity contribution in [3.63, 3.8) is 0 Å². The summed E-state index contributed by atoms with van der Waals surface area (Å²) in [4.78, 5) is 10.3. The monoisotopic (exact) mass is 257 g/mol. The fourth-order valence-electron chi connectivity index (χ4n) is 1.32. The molecule has 1 aromatic carbocycles. The van der Waals surface area contributed by atoms with Gasteiger partial charge in [0.15, 0.2) is 9.84 Å². The number of benzene rings is 1. The number of rotatable bonds is 7. The molecule has 0 bridgehead atoms. The molecule has 0 aliphatic heterocycles. The van der Waals surface area contributed by atoms with Crippen LogP contribution < -0.4 is 5.32 Å². The molecule has 2 N–H and O–H groups in total. The molecular formula is C11H15NO4S. The molecule has 0 aliphatic carbocycles. The molecule has 0 saturated carbocycles. The normalized spacial score (nSPS) is 11.3. The second-order valence-corrected chi connectivity index (χ2v) is 5.83. The lowest BCUT2D eigenvalue weighted by Gasteiger charge is -2.04. The number of nitrogens with one attached hydrogen (secondary N) is 1. The molecule has 0 fully saturated rings. The second-order valence-electron chi connectivity index (χ2n) is 3.65. The van der Waals surface area contributed by atoms with E-state index in [0.717, 1.165) is 5.56 Å². The van der Waals surface area contributed by atoms with E-state index in [-0.39, 0.29) is 12.3 Å². The van der Waals surface area contributed by atoms with Gasteiger partial charge in [-0.05, 0) is 5.56 Å². The van der Waals surface area contributed by atoms with Crippen molar-refractivity contribution in [1.82, 2.24) is 5.32 Å². The van der Waals surface area contributed by atoms with Crippen molar-refractivity contribution < 1.29 is 18.3 Å². The molecule has 0 aliphatic rings. The summed E-state index contributed by atoms with van der Waals surface area (Å²) >= 11 is 0. The van der Waals surface area contributed by atoms with Gasteiger partial charge in [-0.25, -0.2) is 8.42 Å². The third kappa shape index (κ3) is 6.03. The van der Waals surface area contributed by atoms with Gasteiger partial charge in [0.05, 0.1) is 5.75 Å². The molecule has 0 unspecified atom stereocenters. The van der Waals surface area contributed by atoms with Crippen LogP contribution in [0.2, 0.25) is 0 Å². The van der Waals surface area contributed by atoms with Crippen LogP contribution in [0.5, 0.6) is 0 Å². The first-order valence-electron chi connectivity index (χ1n) is 5.16. The summed E-state index contributed by atoms with van der Waals surface area (Å²) < 4.78 is 22.5. The molecule has 0 amide bonds. The highest BCUT2D eigenvalue weighted by Gasteiger charge is 2.14. The Hall–Kier alpha value is -1.40. The Balaban J connectivity index is 2.27. The lowest BCUT2D eigenvalue weighted by molar-refractivity contribution is -0.134. The Morgan fingerprint density at radius 3 is 2.47 bits per heavy atom. The van der Waals surface area contributed by atoms with Crippen LogP contribution in [0.3, 0.4) is 0 Å². The standard InChI is InChI=1S/C11H15NO4S/c13-11(14)9-17(15,16)7-6-12-8-10-4-2-1-3-5-10/h1-5,12H,6-9H2,(H,13,14). The highest BCUT2D eigenvalue weighted by molar-refractivity contribution is 7.92. The zero-order chi connectivity index (χ0) is 12.7. The third-order valence-corrected chi connectivity index (χ3v) is 3.62. The molecule has 6 heteroatoms. The minimum absolute atomic E-state index is 0.161. The molecule has 0 saturated heterocycles. The van der Waals surface area contributed by atoms with Gasteiger partial charge in [0.2, 0.25) is 0 Å². The van der Waals surface area contributed by atoms with E-state index >= 15 is 0 Å². The van der Waals surface area contributed by atoms with Gasteiger partial charge in [0.25, 0.3) is 0 Å². The van der Waals surface area contributed by atoms with E-state index in [1.807, 2.05) is 30.3 Å². The summed E-state index contributed by atoms with van der Waals surface area (Å²) in [6.45, 7) is 0.827. The van der Waals surface area contributed by atoms with Crippen LogP contribution in [-0.2, 0) is 21.2 Å². The first-order valence-corrected chi connectivity index (χ1v) is 6.98. The molecule has 0 heterocycles. The van der Waals surface area contributed by atoms with E-state index < -0.39 is 21.6 Å². The number of carboxylic acid groups (broad SMARTS) is 1. The van der Waals surface area contributed by atoms with Crippen LogP contribution in [-0.4, -0.2) is 37.5 Å². The molecule has 0 aromatic heterocycles. The highest BCUT2D eigenvalue weighted by Crippen LogP contribution is 1.97.